The van der Waals surface area contributed by atoms with E-state index < -0.39 is 0 Å². The molecule has 1 saturated carbocycles. The minimum atomic E-state index is -0.247. The summed E-state index contributed by atoms with van der Waals surface area (Å²) < 4.78 is 4.78. The molecule has 3 nitrogen and oxygen atoms in total. The maximum absolute atomic E-state index is 11.0. The summed E-state index contributed by atoms with van der Waals surface area (Å²) in [7, 11) is 0. The van der Waals surface area contributed by atoms with Gasteiger partial charge in [-0.25, -0.2) is 4.79 Å². The van der Waals surface area contributed by atoms with Gasteiger partial charge in [-0.2, -0.15) is 0 Å². The predicted molar refractivity (Wildman–Crippen MR) is 60.6 cm³/mol. The summed E-state index contributed by atoms with van der Waals surface area (Å²) in [4.78, 5) is 11.0. The fourth-order valence-corrected chi connectivity index (χ4v) is 1.89. The van der Waals surface area contributed by atoms with Crippen LogP contribution in [0.25, 0.3) is 0 Å². The van der Waals surface area contributed by atoms with Gasteiger partial charge in [0, 0.05) is 18.7 Å². The van der Waals surface area contributed by atoms with Crippen LogP contribution in [0.5, 0.6) is 0 Å². The highest BCUT2D eigenvalue weighted by Crippen LogP contribution is 2.16. The van der Waals surface area contributed by atoms with Gasteiger partial charge >= 0.3 is 5.97 Å². The van der Waals surface area contributed by atoms with Crippen LogP contribution < -0.4 is 5.32 Å². The molecule has 0 aliphatic heterocycles. The van der Waals surface area contributed by atoms with Crippen molar-refractivity contribution in [3.63, 3.8) is 0 Å². The number of esters is 1. The number of rotatable bonds is 5. The zero-order chi connectivity index (χ0) is 10.9. The molecule has 0 spiro atoms. The van der Waals surface area contributed by atoms with Crippen LogP contribution in [0.3, 0.4) is 0 Å². The Hall–Kier alpha value is -0.830. The van der Waals surface area contributed by atoms with Crippen LogP contribution in [0.15, 0.2) is 12.2 Å². The van der Waals surface area contributed by atoms with Crippen molar-refractivity contribution in [2.24, 2.45) is 0 Å². The number of hydrogen-bond acceptors (Lipinski definition) is 3. The van der Waals surface area contributed by atoms with Crippen molar-refractivity contribution in [2.75, 3.05) is 13.2 Å². The fourth-order valence-electron chi connectivity index (χ4n) is 1.89. The SMILES string of the molecule is CCOC(=O)/C=C/CNC1CCCCC1. The van der Waals surface area contributed by atoms with E-state index in [0.29, 0.717) is 12.6 Å². The van der Waals surface area contributed by atoms with Crippen LogP contribution in [0.1, 0.15) is 39.0 Å². The van der Waals surface area contributed by atoms with E-state index >= 15 is 0 Å². The molecule has 0 aromatic rings. The Morgan fingerprint density at radius 3 is 2.80 bits per heavy atom. The first kappa shape index (κ1) is 12.2. The first-order valence-electron chi connectivity index (χ1n) is 5.89. The molecule has 1 rings (SSSR count). The molecule has 0 amide bonds. The molecule has 1 aliphatic carbocycles. The Balaban J connectivity index is 2.06. The predicted octanol–water partition coefficient (Wildman–Crippen LogP) is 2.03. The van der Waals surface area contributed by atoms with Gasteiger partial charge in [0.15, 0.2) is 0 Å². The normalized spacial score (nSPS) is 18.2. The first-order chi connectivity index (χ1) is 7.33. The van der Waals surface area contributed by atoms with Crippen LogP contribution >= 0.6 is 0 Å². The zero-order valence-electron chi connectivity index (χ0n) is 9.50. The van der Waals surface area contributed by atoms with Crippen molar-refractivity contribution in [1.29, 1.82) is 0 Å². The van der Waals surface area contributed by atoms with Gasteiger partial charge < -0.3 is 10.1 Å². The highest BCUT2D eigenvalue weighted by molar-refractivity contribution is 5.81. The Morgan fingerprint density at radius 1 is 1.40 bits per heavy atom. The zero-order valence-corrected chi connectivity index (χ0v) is 9.50. The quantitative estimate of drug-likeness (QED) is 0.558. The van der Waals surface area contributed by atoms with E-state index in [4.69, 9.17) is 4.74 Å². The summed E-state index contributed by atoms with van der Waals surface area (Å²) >= 11 is 0. The van der Waals surface area contributed by atoms with E-state index in [2.05, 4.69) is 5.32 Å². The van der Waals surface area contributed by atoms with Gasteiger partial charge in [0.25, 0.3) is 0 Å². The van der Waals surface area contributed by atoms with Gasteiger partial charge in [-0.05, 0) is 19.8 Å². The second-order valence-corrected chi connectivity index (χ2v) is 3.90. The van der Waals surface area contributed by atoms with E-state index in [1.165, 1.54) is 38.2 Å². The topological polar surface area (TPSA) is 38.3 Å². The first-order valence-corrected chi connectivity index (χ1v) is 5.89. The summed E-state index contributed by atoms with van der Waals surface area (Å²) in [6.07, 6.45) is 9.92. The third kappa shape index (κ3) is 5.57. The van der Waals surface area contributed by atoms with Crippen LogP contribution in [-0.2, 0) is 9.53 Å². The summed E-state index contributed by atoms with van der Waals surface area (Å²) in [6.45, 7) is 3.02. The van der Waals surface area contributed by atoms with Gasteiger partial charge in [-0.15, -0.1) is 0 Å². The van der Waals surface area contributed by atoms with Crippen molar-refractivity contribution >= 4 is 5.97 Å². The van der Waals surface area contributed by atoms with Crippen molar-refractivity contribution in [3.8, 4) is 0 Å². The van der Waals surface area contributed by atoms with Crippen LogP contribution in [0, 0.1) is 0 Å². The van der Waals surface area contributed by atoms with Crippen molar-refractivity contribution in [3.05, 3.63) is 12.2 Å². The largest absolute Gasteiger partial charge is 0.463 e. The molecule has 15 heavy (non-hydrogen) atoms. The van der Waals surface area contributed by atoms with Crippen molar-refractivity contribution < 1.29 is 9.53 Å². The van der Waals surface area contributed by atoms with E-state index in [9.17, 15) is 4.79 Å². The summed E-state index contributed by atoms with van der Waals surface area (Å²) in [6, 6.07) is 0.644. The number of carbonyl (C=O) groups is 1. The second kappa shape index (κ2) is 7.46. The van der Waals surface area contributed by atoms with Gasteiger partial charge in [0.05, 0.1) is 6.61 Å². The monoisotopic (exact) mass is 211 g/mol. The van der Waals surface area contributed by atoms with Crippen molar-refractivity contribution in [1.82, 2.24) is 5.32 Å². The van der Waals surface area contributed by atoms with Crippen LogP contribution in [0.2, 0.25) is 0 Å². The lowest BCUT2D eigenvalue weighted by Crippen LogP contribution is -2.31. The highest BCUT2D eigenvalue weighted by atomic mass is 16.5. The van der Waals surface area contributed by atoms with Gasteiger partial charge in [0.2, 0.25) is 0 Å². The van der Waals surface area contributed by atoms with Crippen molar-refractivity contribution in [2.45, 2.75) is 45.1 Å². The molecule has 0 radical (unpaired) electrons. The number of hydrogen-bond donors (Lipinski definition) is 1. The maximum atomic E-state index is 11.0. The van der Waals surface area contributed by atoms with Gasteiger partial charge in [0.1, 0.15) is 0 Å². The molecule has 0 atom stereocenters. The molecule has 0 saturated heterocycles. The molecule has 0 unspecified atom stereocenters. The third-order valence-corrected chi connectivity index (χ3v) is 2.67. The lowest BCUT2D eigenvalue weighted by atomic mass is 9.95. The average Bonchev–Trinajstić information content (AvgIpc) is 2.26. The Kier molecular flexibility index (Phi) is 6.09. The smallest absolute Gasteiger partial charge is 0.330 e. The number of ether oxygens (including phenoxy) is 1. The molecule has 0 aromatic carbocycles. The number of nitrogens with one attached hydrogen (secondary N) is 1. The maximum Gasteiger partial charge on any atom is 0.330 e. The van der Waals surface area contributed by atoms with Crippen LogP contribution in [-0.4, -0.2) is 25.2 Å². The summed E-state index contributed by atoms with van der Waals surface area (Å²) in [5, 5.41) is 3.42. The second-order valence-electron chi connectivity index (χ2n) is 3.90. The van der Waals surface area contributed by atoms with E-state index in [0.717, 1.165) is 6.54 Å². The minimum absolute atomic E-state index is 0.247. The Bertz CT molecular complexity index is 208. The molecule has 0 bridgehead atoms. The Morgan fingerprint density at radius 2 is 2.13 bits per heavy atom. The fraction of sp³-hybridized carbons (Fsp3) is 0.750. The molecule has 1 N–H and O–H groups in total. The molecular formula is C12H21NO2. The molecular weight excluding hydrogens is 190 g/mol. The number of carbonyl (C=O) groups excluding carboxylic acids is 1. The lowest BCUT2D eigenvalue weighted by molar-refractivity contribution is -0.137. The van der Waals surface area contributed by atoms with E-state index in [-0.39, 0.29) is 5.97 Å². The molecule has 86 valence electrons. The highest BCUT2D eigenvalue weighted by Gasteiger charge is 2.11. The standard InChI is InChI=1S/C12H21NO2/c1-2-15-12(14)9-6-10-13-11-7-4-3-5-8-11/h6,9,11,13H,2-5,7-8,10H2,1H3/b9-6+. The lowest BCUT2D eigenvalue weighted by Gasteiger charge is -2.21. The van der Waals surface area contributed by atoms with Crippen LogP contribution in [0.4, 0.5) is 0 Å². The van der Waals surface area contributed by atoms with Gasteiger partial charge in [-0.1, -0.05) is 25.3 Å². The van der Waals surface area contributed by atoms with E-state index in [1.807, 2.05) is 13.0 Å². The summed E-state index contributed by atoms with van der Waals surface area (Å²) in [5.41, 5.74) is 0. The third-order valence-electron chi connectivity index (χ3n) is 2.67. The van der Waals surface area contributed by atoms with Gasteiger partial charge in [-0.3, -0.25) is 0 Å². The minimum Gasteiger partial charge on any atom is -0.463 e. The molecule has 3 heteroatoms. The summed E-state index contributed by atoms with van der Waals surface area (Å²) in [5.74, 6) is -0.247. The Labute approximate surface area is 91.9 Å². The molecule has 0 aromatic heterocycles. The molecule has 0 heterocycles. The molecule has 1 aliphatic rings. The molecule has 1 fully saturated rings. The average molecular weight is 211 g/mol. The van der Waals surface area contributed by atoms with E-state index in [1.54, 1.807) is 0 Å².